The number of aryl methyl sites for hydroxylation is 1. The van der Waals surface area contributed by atoms with E-state index >= 15 is 0 Å². The number of hydrogen-bond acceptors (Lipinski definition) is 1. The Morgan fingerprint density at radius 1 is 1.50 bits per heavy atom. The molecule has 2 nitrogen and oxygen atoms in total. The molecular weight excluding hydrogens is 149 g/mol. The molecule has 0 aromatic heterocycles. The molecule has 0 bridgehead atoms. The molecule has 1 N–H and O–H groups in total. The first-order valence-corrected chi connectivity index (χ1v) is 3.73. The van der Waals surface area contributed by atoms with E-state index in [1.807, 2.05) is 19.1 Å². The van der Waals surface area contributed by atoms with Crippen LogP contribution < -0.4 is 10.8 Å². The van der Waals surface area contributed by atoms with Crippen LogP contribution in [-0.2, 0) is 4.79 Å². The molecule has 12 heavy (non-hydrogen) atoms. The summed E-state index contributed by atoms with van der Waals surface area (Å²) in [6, 6.07) is 5.45. The normalized spacial score (nSPS) is 9.50. The van der Waals surface area contributed by atoms with Crippen LogP contribution in [-0.4, -0.2) is 13.8 Å². The highest BCUT2D eigenvalue weighted by atomic mass is 16.1. The fraction of sp³-hybridized carbons (Fsp3) is 0.222. The van der Waals surface area contributed by atoms with Crippen LogP contribution in [0.2, 0.25) is 0 Å². The monoisotopic (exact) mass is 159 g/mol. The number of carbonyl (C=O) groups is 1. The predicted octanol–water partition coefficient (Wildman–Crippen LogP) is 0.747. The third-order valence-electron chi connectivity index (χ3n) is 1.60. The number of benzene rings is 1. The molecule has 0 fully saturated rings. The van der Waals surface area contributed by atoms with E-state index in [9.17, 15) is 4.79 Å². The largest absolute Gasteiger partial charge is 0.326 e. The number of amides is 1. The Balaban J connectivity index is 2.89. The Labute approximate surface area is 73.4 Å². The standard InChI is InChI=1S/C9H10BNO/c1-6-3-4-8(5-9(6)10)11-7(2)12/h3-5H,1-2H3,(H,11,12). The quantitative estimate of drug-likeness (QED) is 0.601. The van der Waals surface area contributed by atoms with E-state index in [1.54, 1.807) is 6.07 Å². The van der Waals surface area contributed by atoms with Crippen molar-refractivity contribution in [2.45, 2.75) is 13.8 Å². The van der Waals surface area contributed by atoms with E-state index in [0.29, 0.717) is 5.46 Å². The lowest BCUT2D eigenvalue weighted by Crippen LogP contribution is -2.11. The number of hydrogen-bond donors (Lipinski definition) is 1. The maximum absolute atomic E-state index is 10.7. The number of rotatable bonds is 1. The fourth-order valence-electron chi connectivity index (χ4n) is 0.921. The molecule has 0 aliphatic carbocycles. The van der Waals surface area contributed by atoms with E-state index in [1.165, 1.54) is 6.92 Å². The van der Waals surface area contributed by atoms with Crippen LogP contribution in [0.1, 0.15) is 12.5 Å². The van der Waals surface area contributed by atoms with Crippen LogP contribution in [0.4, 0.5) is 5.69 Å². The molecule has 1 aromatic rings. The zero-order valence-corrected chi connectivity index (χ0v) is 7.22. The van der Waals surface area contributed by atoms with Crippen LogP contribution in [0.3, 0.4) is 0 Å². The van der Waals surface area contributed by atoms with Crippen LogP contribution in [0.25, 0.3) is 0 Å². The summed E-state index contributed by atoms with van der Waals surface area (Å²) in [6.45, 7) is 3.39. The van der Waals surface area contributed by atoms with Gasteiger partial charge in [-0.3, -0.25) is 4.79 Å². The fourth-order valence-corrected chi connectivity index (χ4v) is 0.921. The summed E-state index contributed by atoms with van der Waals surface area (Å²) in [6.07, 6.45) is 0. The maximum atomic E-state index is 10.7. The van der Waals surface area contributed by atoms with Gasteiger partial charge in [-0.2, -0.15) is 0 Å². The molecule has 0 saturated heterocycles. The van der Waals surface area contributed by atoms with Crippen molar-refractivity contribution < 1.29 is 4.79 Å². The lowest BCUT2D eigenvalue weighted by molar-refractivity contribution is -0.114. The summed E-state index contributed by atoms with van der Waals surface area (Å²) in [4.78, 5) is 10.7. The predicted molar refractivity (Wildman–Crippen MR) is 50.9 cm³/mol. The molecule has 0 aliphatic heterocycles. The summed E-state index contributed by atoms with van der Waals surface area (Å²) >= 11 is 0. The first kappa shape index (κ1) is 8.85. The summed E-state index contributed by atoms with van der Waals surface area (Å²) in [7, 11) is 5.65. The van der Waals surface area contributed by atoms with Crippen LogP contribution in [0.5, 0.6) is 0 Å². The number of anilines is 1. The minimum atomic E-state index is -0.0850. The molecule has 0 heterocycles. The zero-order valence-electron chi connectivity index (χ0n) is 7.22. The summed E-state index contributed by atoms with van der Waals surface area (Å²) < 4.78 is 0. The smallest absolute Gasteiger partial charge is 0.221 e. The molecule has 60 valence electrons. The van der Waals surface area contributed by atoms with E-state index in [0.717, 1.165) is 11.3 Å². The summed E-state index contributed by atoms with van der Waals surface area (Å²) in [5.41, 5.74) is 2.45. The Morgan fingerprint density at radius 3 is 2.67 bits per heavy atom. The molecule has 0 spiro atoms. The van der Waals surface area contributed by atoms with Gasteiger partial charge in [-0.15, -0.1) is 0 Å². The minimum absolute atomic E-state index is 0.0850. The molecule has 0 atom stereocenters. The molecule has 0 saturated carbocycles. The van der Waals surface area contributed by atoms with Gasteiger partial charge in [0.15, 0.2) is 0 Å². The van der Waals surface area contributed by atoms with E-state index in [2.05, 4.69) is 5.32 Å². The van der Waals surface area contributed by atoms with Gasteiger partial charge in [0, 0.05) is 12.6 Å². The van der Waals surface area contributed by atoms with Gasteiger partial charge in [0.1, 0.15) is 7.85 Å². The summed E-state index contributed by atoms with van der Waals surface area (Å²) in [5.74, 6) is -0.0850. The second kappa shape index (κ2) is 3.43. The average Bonchev–Trinajstić information content (AvgIpc) is 1.96. The van der Waals surface area contributed by atoms with E-state index in [4.69, 9.17) is 7.85 Å². The second-order valence-corrected chi connectivity index (χ2v) is 2.75. The van der Waals surface area contributed by atoms with Crippen molar-refractivity contribution in [1.29, 1.82) is 0 Å². The van der Waals surface area contributed by atoms with Gasteiger partial charge in [0.05, 0.1) is 0 Å². The van der Waals surface area contributed by atoms with Gasteiger partial charge < -0.3 is 5.32 Å². The second-order valence-electron chi connectivity index (χ2n) is 2.75. The highest BCUT2D eigenvalue weighted by Gasteiger charge is 1.96. The highest BCUT2D eigenvalue weighted by Crippen LogP contribution is 2.05. The highest BCUT2D eigenvalue weighted by molar-refractivity contribution is 6.33. The van der Waals surface area contributed by atoms with Crippen LogP contribution in [0, 0.1) is 6.92 Å². The van der Waals surface area contributed by atoms with Crippen LogP contribution in [0.15, 0.2) is 18.2 Å². The maximum Gasteiger partial charge on any atom is 0.221 e. The lowest BCUT2D eigenvalue weighted by atomic mass is 9.91. The molecule has 3 heteroatoms. The average molecular weight is 159 g/mol. The molecule has 1 amide bonds. The molecule has 1 rings (SSSR count). The van der Waals surface area contributed by atoms with Crippen molar-refractivity contribution in [1.82, 2.24) is 0 Å². The molecule has 1 aromatic carbocycles. The van der Waals surface area contributed by atoms with Crippen molar-refractivity contribution in [3.8, 4) is 0 Å². The van der Waals surface area contributed by atoms with Crippen molar-refractivity contribution in [3.05, 3.63) is 23.8 Å². The Morgan fingerprint density at radius 2 is 2.17 bits per heavy atom. The number of nitrogens with one attached hydrogen (secondary N) is 1. The molecule has 2 radical (unpaired) electrons. The van der Waals surface area contributed by atoms with Crippen LogP contribution >= 0.6 is 0 Å². The van der Waals surface area contributed by atoms with Gasteiger partial charge >= 0.3 is 0 Å². The van der Waals surface area contributed by atoms with Gasteiger partial charge in [0.2, 0.25) is 5.91 Å². The minimum Gasteiger partial charge on any atom is -0.326 e. The van der Waals surface area contributed by atoms with E-state index in [-0.39, 0.29) is 5.91 Å². The SMILES string of the molecule is [B]c1cc(NC(C)=O)ccc1C. The lowest BCUT2D eigenvalue weighted by Gasteiger charge is -2.05. The Bertz CT molecular complexity index is 309. The Hall–Kier alpha value is -1.25. The Kier molecular flexibility index (Phi) is 2.53. The van der Waals surface area contributed by atoms with Crippen molar-refractivity contribution in [2.24, 2.45) is 0 Å². The topological polar surface area (TPSA) is 29.1 Å². The third-order valence-corrected chi connectivity index (χ3v) is 1.60. The third kappa shape index (κ3) is 2.12. The molecule has 0 aliphatic rings. The van der Waals surface area contributed by atoms with Crippen molar-refractivity contribution >= 4 is 24.9 Å². The molecular formula is C9H10BNO. The molecule has 0 unspecified atom stereocenters. The van der Waals surface area contributed by atoms with Gasteiger partial charge in [-0.05, 0) is 19.1 Å². The number of carbonyl (C=O) groups excluding carboxylic acids is 1. The van der Waals surface area contributed by atoms with Gasteiger partial charge in [0.25, 0.3) is 0 Å². The van der Waals surface area contributed by atoms with Crippen molar-refractivity contribution in [2.75, 3.05) is 5.32 Å². The first-order valence-electron chi connectivity index (χ1n) is 3.73. The zero-order chi connectivity index (χ0) is 9.14. The first-order chi connectivity index (χ1) is 5.59. The van der Waals surface area contributed by atoms with Crippen molar-refractivity contribution in [3.63, 3.8) is 0 Å². The van der Waals surface area contributed by atoms with Gasteiger partial charge in [-0.1, -0.05) is 17.1 Å². The van der Waals surface area contributed by atoms with Gasteiger partial charge in [-0.25, -0.2) is 0 Å². The van der Waals surface area contributed by atoms with E-state index < -0.39 is 0 Å². The summed E-state index contributed by atoms with van der Waals surface area (Å²) in [5, 5.41) is 2.65.